The molecule has 2 N–H and O–H groups in total. The molecule has 1 aromatic carbocycles. The largest absolute Gasteiger partial charge is 0.396 e. The number of nitrogens with zero attached hydrogens (tertiary/aromatic N) is 1. The van der Waals surface area contributed by atoms with Crippen LogP contribution in [0.5, 0.6) is 0 Å². The number of carbonyl (C=O) groups excluding carboxylic acids is 1. The van der Waals surface area contributed by atoms with Crippen LogP contribution in [0.4, 0.5) is 0 Å². The summed E-state index contributed by atoms with van der Waals surface area (Å²) < 4.78 is 0. The quantitative estimate of drug-likeness (QED) is 0.772. The molecule has 0 aliphatic rings. The fourth-order valence-electron chi connectivity index (χ4n) is 1.98. The summed E-state index contributed by atoms with van der Waals surface area (Å²) in [4.78, 5) is 16.2. The zero-order chi connectivity index (χ0) is 15.6. The molecule has 0 saturated heterocycles. The van der Waals surface area contributed by atoms with E-state index in [0.29, 0.717) is 18.5 Å². The number of pyridine rings is 1. The molecule has 0 bridgehead atoms. The maximum absolute atomic E-state index is 12.0. The highest BCUT2D eigenvalue weighted by atomic mass is 16.2. The number of carbonyl (C=O) groups is 1. The summed E-state index contributed by atoms with van der Waals surface area (Å²) in [6, 6.07) is 13.2. The average Bonchev–Trinajstić information content (AvgIpc) is 2.58. The summed E-state index contributed by atoms with van der Waals surface area (Å²) in [6.45, 7) is 0.733. The molecule has 0 fully saturated rings. The van der Waals surface area contributed by atoms with E-state index in [0.717, 1.165) is 17.7 Å². The second kappa shape index (κ2) is 8.74. The third kappa shape index (κ3) is 5.14. The van der Waals surface area contributed by atoms with Gasteiger partial charge in [-0.1, -0.05) is 24.3 Å². The molecule has 1 aromatic heterocycles. The molecule has 1 amide bonds. The van der Waals surface area contributed by atoms with Crippen LogP contribution >= 0.6 is 0 Å². The summed E-state index contributed by atoms with van der Waals surface area (Å²) in [5.74, 6) is -0.0916. The van der Waals surface area contributed by atoms with Gasteiger partial charge in [0.2, 0.25) is 0 Å². The standard InChI is InChI=1S/C18H20N2O2/c21-13-4-3-12-20-18(22)16-7-5-6-15(14-16)9-10-17-8-1-2-11-19-17/h1-2,5-11,14,21H,3-4,12-13H2,(H,20,22)/b10-9+. The van der Waals surface area contributed by atoms with Crippen molar-refractivity contribution in [3.63, 3.8) is 0 Å². The van der Waals surface area contributed by atoms with Gasteiger partial charge in [0.1, 0.15) is 0 Å². The monoisotopic (exact) mass is 296 g/mol. The minimum Gasteiger partial charge on any atom is -0.396 e. The van der Waals surface area contributed by atoms with Crippen LogP contribution in [0, 0.1) is 0 Å². The zero-order valence-electron chi connectivity index (χ0n) is 12.4. The highest BCUT2D eigenvalue weighted by Crippen LogP contribution is 2.09. The van der Waals surface area contributed by atoms with Gasteiger partial charge in [0.05, 0.1) is 5.69 Å². The van der Waals surface area contributed by atoms with Crippen LogP contribution in [-0.4, -0.2) is 29.1 Å². The number of amides is 1. The molecule has 2 rings (SSSR count). The van der Waals surface area contributed by atoms with Crippen LogP contribution in [0.1, 0.15) is 34.5 Å². The Morgan fingerprint density at radius 1 is 1.14 bits per heavy atom. The highest BCUT2D eigenvalue weighted by molar-refractivity contribution is 5.94. The molecule has 0 aliphatic heterocycles. The molecular weight excluding hydrogens is 276 g/mol. The number of aliphatic hydroxyl groups is 1. The number of aliphatic hydroxyl groups excluding tert-OH is 1. The van der Waals surface area contributed by atoms with Gasteiger partial charge in [0.25, 0.3) is 5.91 Å². The Bertz CT molecular complexity index is 624. The average molecular weight is 296 g/mol. The second-order valence-electron chi connectivity index (χ2n) is 4.90. The maximum Gasteiger partial charge on any atom is 0.251 e. The summed E-state index contributed by atoms with van der Waals surface area (Å²) in [5.41, 5.74) is 2.46. The molecule has 0 aliphatic carbocycles. The molecule has 0 atom stereocenters. The van der Waals surface area contributed by atoms with Gasteiger partial charge in [-0.15, -0.1) is 0 Å². The van der Waals surface area contributed by atoms with E-state index in [4.69, 9.17) is 5.11 Å². The number of hydrogen-bond donors (Lipinski definition) is 2. The summed E-state index contributed by atoms with van der Waals surface area (Å²) in [5, 5.41) is 11.6. The first-order valence-electron chi connectivity index (χ1n) is 7.38. The van der Waals surface area contributed by atoms with Crippen molar-refractivity contribution in [1.82, 2.24) is 10.3 Å². The van der Waals surface area contributed by atoms with Crippen LogP contribution in [0.25, 0.3) is 12.2 Å². The van der Waals surface area contributed by atoms with E-state index in [2.05, 4.69) is 10.3 Å². The van der Waals surface area contributed by atoms with Crippen molar-refractivity contribution in [2.24, 2.45) is 0 Å². The number of unbranched alkanes of at least 4 members (excludes halogenated alkanes) is 1. The van der Waals surface area contributed by atoms with E-state index in [-0.39, 0.29) is 12.5 Å². The molecule has 1 heterocycles. The lowest BCUT2D eigenvalue weighted by Crippen LogP contribution is -2.24. The van der Waals surface area contributed by atoms with E-state index in [9.17, 15) is 4.79 Å². The second-order valence-corrected chi connectivity index (χ2v) is 4.90. The first kappa shape index (κ1) is 15.9. The van der Waals surface area contributed by atoms with Crippen molar-refractivity contribution >= 4 is 18.1 Å². The van der Waals surface area contributed by atoms with Gasteiger partial charge in [-0.25, -0.2) is 0 Å². The van der Waals surface area contributed by atoms with Gasteiger partial charge in [-0.3, -0.25) is 9.78 Å². The minimum absolute atomic E-state index is 0.0916. The predicted octanol–water partition coefficient (Wildman–Crippen LogP) is 2.75. The Kier molecular flexibility index (Phi) is 6.33. The van der Waals surface area contributed by atoms with Gasteiger partial charge < -0.3 is 10.4 Å². The van der Waals surface area contributed by atoms with Crippen molar-refractivity contribution in [3.8, 4) is 0 Å². The first-order chi connectivity index (χ1) is 10.8. The normalized spacial score (nSPS) is 10.8. The Balaban J connectivity index is 1.97. The van der Waals surface area contributed by atoms with E-state index < -0.39 is 0 Å². The van der Waals surface area contributed by atoms with Crippen molar-refractivity contribution in [3.05, 3.63) is 65.5 Å². The van der Waals surface area contributed by atoms with Gasteiger partial charge in [-0.05, 0) is 48.7 Å². The molecule has 0 spiro atoms. The van der Waals surface area contributed by atoms with Gasteiger partial charge in [0, 0.05) is 24.9 Å². The maximum atomic E-state index is 12.0. The van der Waals surface area contributed by atoms with Crippen molar-refractivity contribution < 1.29 is 9.90 Å². The molecule has 0 radical (unpaired) electrons. The summed E-state index contributed by atoms with van der Waals surface area (Å²) >= 11 is 0. The molecule has 2 aromatic rings. The number of aromatic nitrogens is 1. The molecule has 0 unspecified atom stereocenters. The van der Waals surface area contributed by atoms with E-state index >= 15 is 0 Å². The van der Waals surface area contributed by atoms with E-state index in [1.807, 2.05) is 48.6 Å². The van der Waals surface area contributed by atoms with Crippen molar-refractivity contribution in [2.75, 3.05) is 13.2 Å². The van der Waals surface area contributed by atoms with Crippen molar-refractivity contribution in [1.29, 1.82) is 0 Å². The van der Waals surface area contributed by atoms with E-state index in [1.54, 1.807) is 12.3 Å². The lowest BCUT2D eigenvalue weighted by atomic mass is 10.1. The number of hydrogen-bond acceptors (Lipinski definition) is 3. The Morgan fingerprint density at radius 2 is 2.05 bits per heavy atom. The Labute approximate surface area is 130 Å². The topological polar surface area (TPSA) is 62.2 Å². The number of benzene rings is 1. The van der Waals surface area contributed by atoms with Gasteiger partial charge in [-0.2, -0.15) is 0 Å². The lowest BCUT2D eigenvalue weighted by molar-refractivity contribution is 0.0952. The van der Waals surface area contributed by atoms with Gasteiger partial charge >= 0.3 is 0 Å². The number of rotatable bonds is 7. The Hall–Kier alpha value is -2.46. The fraction of sp³-hybridized carbons (Fsp3) is 0.222. The molecule has 4 nitrogen and oxygen atoms in total. The molecule has 0 saturated carbocycles. The lowest BCUT2D eigenvalue weighted by Gasteiger charge is -2.05. The van der Waals surface area contributed by atoms with Crippen LogP contribution < -0.4 is 5.32 Å². The van der Waals surface area contributed by atoms with Crippen molar-refractivity contribution in [2.45, 2.75) is 12.8 Å². The van der Waals surface area contributed by atoms with Crippen LogP contribution in [0.2, 0.25) is 0 Å². The smallest absolute Gasteiger partial charge is 0.251 e. The van der Waals surface area contributed by atoms with Crippen LogP contribution in [-0.2, 0) is 0 Å². The van der Waals surface area contributed by atoms with E-state index in [1.165, 1.54) is 0 Å². The summed E-state index contributed by atoms with van der Waals surface area (Å²) in [6.07, 6.45) is 7.08. The molecule has 114 valence electrons. The summed E-state index contributed by atoms with van der Waals surface area (Å²) in [7, 11) is 0. The molecular formula is C18H20N2O2. The Morgan fingerprint density at radius 3 is 2.82 bits per heavy atom. The first-order valence-corrected chi connectivity index (χ1v) is 7.38. The van der Waals surface area contributed by atoms with Crippen LogP contribution in [0.15, 0.2) is 48.7 Å². The molecule has 22 heavy (non-hydrogen) atoms. The van der Waals surface area contributed by atoms with Crippen LogP contribution in [0.3, 0.4) is 0 Å². The third-order valence-corrected chi connectivity index (χ3v) is 3.15. The zero-order valence-corrected chi connectivity index (χ0v) is 12.4. The minimum atomic E-state index is -0.0916. The SMILES string of the molecule is O=C(NCCCCO)c1cccc(/C=C/c2ccccn2)c1. The third-order valence-electron chi connectivity index (χ3n) is 3.15. The fourth-order valence-corrected chi connectivity index (χ4v) is 1.98. The molecule has 4 heteroatoms. The predicted molar refractivity (Wildman–Crippen MR) is 88.3 cm³/mol. The number of nitrogens with one attached hydrogen (secondary N) is 1. The van der Waals surface area contributed by atoms with Gasteiger partial charge in [0.15, 0.2) is 0 Å². The highest BCUT2D eigenvalue weighted by Gasteiger charge is 2.04.